The summed E-state index contributed by atoms with van der Waals surface area (Å²) in [4.78, 5) is 20.9. The van der Waals surface area contributed by atoms with Crippen molar-refractivity contribution >= 4 is 11.7 Å². The predicted octanol–water partition coefficient (Wildman–Crippen LogP) is 1.09. The normalized spacial score (nSPS) is 15.3. The molecule has 0 unspecified atom stereocenters. The predicted molar refractivity (Wildman–Crippen MR) is 80.3 cm³/mol. The highest BCUT2D eigenvalue weighted by Crippen LogP contribution is 2.15. The molecule has 0 aliphatic carbocycles. The van der Waals surface area contributed by atoms with Gasteiger partial charge in [0.25, 0.3) is 5.91 Å². The molecule has 1 amide bonds. The van der Waals surface area contributed by atoms with Crippen LogP contribution >= 0.6 is 0 Å². The van der Waals surface area contributed by atoms with Crippen LogP contribution in [0.3, 0.4) is 0 Å². The van der Waals surface area contributed by atoms with Gasteiger partial charge in [-0.2, -0.15) is 5.10 Å². The summed E-state index contributed by atoms with van der Waals surface area (Å²) in [6.45, 7) is 4.92. The van der Waals surface area contributed by atoms with Crippen molar-refractivity contribution in [3.8, 4) is 0 Å². The molecule has 0 saturated carbocycles. The maximum atomic E-state index is 12.5. The minimum Gasteiger partial charge on any atom is -0.353 e. The largest absolute Gasteiger partial charge is 0.353 e. The van der Waals surface area contributed by atoms with Crippen molar-refractivity contribution in [1.29, 1.82) is 0 Å². The first-order chi connectivity index (χ1) is 10.1. The highest BCUT2D eigenvalue weighted by atomic mass is 16.2. The Morgan fingerprint density at radius 1 is 1.19 bits per heavy atom. The Morgan fingerprint density at radius 3 is 2.52 bits per heavy atom. The van der Waals surface area contributed by atoms with Gasteiger partial charge in [0.1, 0.15) is 5.82 Å². The number of piperazine rings is 1. The van der Waals surface area contributed by atoms with Gasteiger partial charge in [-0.3, -0.25) is 9.48 Å². The average molecular weight is 285 g/mol. The fraction of sp³-hybridized carbons (Fsp3) is 0.400. The van der Waals surface area contributed by atoms with Gasteiger partial charge in [-0.05, 0) is 19.1 Å². The molecule has 2 aromatic rings. The molecule has 1 saturated heterocycles. The molecule has 3 heterocycles. The van der Waals surface area contributed by atoms with E-state index in [1.54, 1.807) is 10.9 Å². The van der Waals surface area contributed by atoms with Crippen LogP contribution in [0, 0.1) is 6.92 Å². The van der Waals surface area contributed by atoms with Gasteiger partial charge in [0, 0.05) is 51.2 Å². The lowest BCUT2D eigenvalue weighted by atomic mass is 10.2. The summed E-state index contributed by atoms with van der Waals surface area (Å²) in [6, 6.07) is 5.89. The van der Waals surface area contributed by atoms with Crippen LogP contribution in [0.15, 0.2) is 30.6 Å². The number of hydrogen-bond acceptors (Lipinski definition) is 4. The van der Waals surface area contributed by atoms with Crippen molar-refractivity contribution in [3.63, 3.8) is 0 Å². The zero-order chi connectivity index (χ0) is 14.8. The highest BCUT2D eigenvalue weighted by molar-refractivity contribution is 5.93. The fourth-order valence-electron chi connectivity index (χ4n) is 2.65. The van der Waals surface area contributed by atoms with Crippen LogP contribution in [0.5, 0.6) is 0 Å². The quantitative estimate of drug-likeness (QED) is 0.829. The monoisotopic (exact) mass is 285 g/mol. The number of anilines is 1. The zero-order valence-electron chi connectivity index (χ0n) is 12.4. The highest BCUT2D eigenvalue weighted by Gasteiger charge is 2.25. The third-order valence-corrected chi connectivity index (χ3v) is 3.75. The fourth-order valence-corrected chi connectivity index (χ4v) is 2.65. The van der Waals surface area contributed by atoms with Crippen LogP contribution < -0.4 is 4.90 Å². The Labute approximate surface area is 124 Å². The van der Waals surface area contributed by atoms with Crippen LogP contribution in [-0.2, 0) is 7.05 Å². The number of hydrogen-bond donors (Lipinski definition) is 0. The maximum absolute atomic E-state index is 12.5. The number of nitrogens with zero attached hydrogens (tertiary/aromatic N) is 5. The Morgan fingerprint density at radius 2 is 1.95 bits per heavy atom. The Kier molecular flexibility index (Phi) is 3.60. The Bertz CT molecular complexity index is 629. The molecule has 0 atom stereocenters. The second-order valence-electron chi connectivity index (χ2n) is 5.30. The molecule has 6 nitrogen and oxygen atoms in total. The Hall–Kier alpha value is -2.37. The average Bonchev–Trinajstić information content (AvgIpc) is 2.86. The first-order valence-corrected chi connectivity index (χ1v) is 7.10. The summed E-state index contributed by atoms with van der Waals surface area (Å²) < 4.78 is 1.69. The maximum Gasteiger partial charge on any atom is 0.274 e. The van der Waals surface area contributed by atoms with Gasteiger partial charge in [0.15, 0.2) is 5.69 Å². The van der Waals surface area contributed by atoms with Crippen LogP contribution in [0.25, 0.3) is 0 Å². The van der Waals surface area contributed by atoms with E-state index in [0.29, 0.717) is 18.8 Å². The number of carbonyl (C=O) groups is 1. The van der Waals surface area contributed by atoms with Gasteiger partial charge in [0.05, 0.1) is 0 Å². The van der Waals surface area contributed by atoms with Gasteiger partial charge >= 0.3 is 0 Å². The van der Waals surface area contributed by atoms with E-state index in [1.165, 1.54) is 0 Å². The van der Waals surface area contributed by atoms with E-state index >= 15 is 0 Å². The number of aromatic nitrogens is 3. The van der Waals surface area contributed by atoms with E-state index in [0.717, 1.165) is 24.5 Å². The molecule has 1 aliphatic heterocycles. The molecule has 0 radical (unpaired) electrons. The number of aryl methyl sites for hydroxylation is 2. The number of rotatable bonds is 2. The molecule has 0 spiro atoms. The van der Waals surface area contributed by atoms with E-state index < -0.39 is 0 Å². The minimum absolute atomic E-state index is 0.0220. The number of carbonyl (C=O) groups excluding carboxylic acids is 1. The van der Waals surface area contributed by atoms with Crippen molar-refractivity contribution in [2.45, 2.75) is 6.92 Å². The molecule has 0 bridgehead atoms. The summed E-state index contributed by atoms with van der Waals surface area (Å²) in [5, 5.41) is 4.26. The number of amides is 1. The van der Waals surface area contributed by atoms with Gasteiger partial charge in [-0.25, -0.2) is 4.98 Å². The summed E-state index contributed by atoms with van der Waals surface area (Å²) in [7, 11) is 1.84. The molecule has 2 aromatic heterocycles. The van der Waals surface area contributed by atoms with Crippen LogP contribution in [-0.4, -0.2) is 51.8 Å². The molecule has 3 rings (SSSR count). The molecular weight excluding hydrogens is 266 g/mol. The molecule has 1 fully saturated rings. The molecule has 21 heavy (non-hydrogen) atoms. The number of pyridine rings is 1. The van der Waals surface area contributed by atoms with Crippen LogP contribution in [0.4, 0.5) is 5.82 Å². The molecule has 1 aliphatic rings. The van der Waals surface area contributed by atoms with Gasteiger partial charge < -0.3 is 9.80 Å². The molecule has 6 heteroatoms. The molecule has 110 valence electrons. The molecule has 0 N–H and O–H groups in total. The summed E-state index contributed by atoms with van der Waals surface area (Å²) in [6.07, 6.45) is 3.67. The van der Waals surface area contributed by atoms with Crippen molar-refractivity contribution < 1.29 is 4.79 Å². The van der Waals surface area contributed by atoms with E-state index in [2.05, 4.69) is 15.0 Å². The summed E-state index contributed by atoms with van der Waals surface area (Å²) in [5.41, 5.74) is 1.48. The third kappa shape index (κ3) is 2.74. The summed E-state index contributed by atoms with van der Waals surface area (Å²) in [5.74, 6) is 0.993. The smallest absolute Gasteiger partial charge is 0.274 e. The topological polar surface area (TPSA) is 54.3 Å². The zero-order valence-corrected chi connectivity index (χ0v) is 12.4. The van der Waals surface area contributed by atoms with E-state index in [1.807, 2.05) is 43.3 Å². The molecule has 0 aromatic carbocycles. The van der Waals surface area contributed by atoms with E-state index in [4.69, 9.17) is 0 Å². The van der Waals surface area contributed by atoms with Gasteiger partial charge in [-0.1, -0.05) is 6.07 Å². The van der Waals surface area contributed by atoms with Crippen molar-refractivity contribution in [3.05, 3.63) is 41.9 Å². The van der Waals surface area contributed by atoms with E-state index in [-0.39, 0.29) is 5.91 Å². The van der Waals surface area contributed by atoms with Crippen molar-refractivity contribution in [2.24, 2.45) is 7.05 Å². The van der Waals surface area contributed by atoms with Crippen LogP contribution in [0.1, 0.15) is 16.1 Å². The Balaban J connectivity index is 1.66. The lowest BCUT2D eigenvalue weighted by Gasteiger charge is -2.35. The van der Waals surface area contributed by atoms with Crippen molar-refractivity contribution in [2.75, 3.05) is 31.1 Å². The third-order valence-electron chi connectivity index (χ3n) is 3.75. The van der Waals surface area contributed by atoms with Crippen molar-refractivity contribution in [1.82, 2.24) is 19.7 Å². The van der Waals surface area contributed by atoms with Gasteiger partial charge in [0.2, 0.25) is 0 Å². The SMILES string of the molecule is Cc1cn(C)nc1C(=O)N1CCN(c2ccccn2)CC1. The van der Waals surface area contributed by atoms with Crippen LogP contribution in [0.2, 0.25) is 0 Å². The van der Waals surface area contributed by atoms with E-state index in [9.17, 15) is 4.79 Å². The minimum atomic E-state index is 0.0220. The molecular formula is C15H19N5O. The first-order valence-electron chi connectivity index (χ1n) is 7.10. The standard InChI is InChI=1S/C15H19N5O/c1-12-11-18(2)17-14(12)15(21)20-9-7-19(8-10-20)13-5-3-4-6-16-13/h3-6,11H,7-10H2,1-2H3. The second-order valence-corrected chi connectivity index (χ2v) is 5.30. The first kappa shape index (κ1) is 13.6. The lowest BCUT2D eigenvalue weighted by molar-refractivity contribution is 0.0739. The van der Waals surface area contributed by atoms with Gasteiger partial charge in [-0.15, -0.1) is 0 Å². The summed E-state index contributed by atoms with van der Waals surface area (Å²) >= 11 is 0. The second kappa shape index (κ2) is 5.55. The lowest BCUT2D eigenvalue weighted by Crippen LogP contribution is -2.49.